The second-order valence-corrected chi connectivity index (χ2v) is 7.35. The van der Waals surface area contributed by atoms with E-state index in [0.29, 0.717) is 36.4 Å². The number of rotatable bonds is 6. The normalized spacial score (nSPS) is 13.1. The van der Waals surface area contributed by atoms with Gasteiger partial charge in [0.05, 0.1) is 25.9 Å². The molecule has 2 aromatic heterocycles. The van der Waals surface area contributed by atoms with Crippen LogP contribution in [0, 0.1) is 0 Å². The molecule has 9 nitrogen and oxygen atoms in total. The van der Waals surface area contributed by atoms with Crippen LogP contribution in [0.4, 0.5) is 22.0 Å². The Morgan fingerprint density at radius 2 is 1.76 bits per heavy atom. The van der Waals surface area contributed by atoms with E-state index in [2.05, 4.69) is 20.2 Å². The molecule has 0 aliphatic carbocycles. The number of ether oxygens (including phenoxy) is 2. The predicted octanol–water partition coefficient (Wildman–Crippen LogP) is 4.55. The highest BCUT2D eigenvalue weighted by Crippen LogP contribution is 2.37. The van der Waals surface area contributed by atoms with Crippen molar-refractivity contribution in [3.05, 3.63) is 72.6 Å². The van der Waals surface area contributed by atoms with Crippen molar-refractivity contribution in [3.8, 4) is 23.0 Å². The van der Waals surface area contributed by atoms with Gasteiger partial charge < -0.3 is 9.47 Å². The molecule has 9 heteroatoms. The third-order valence-electron chi connectivity index (χ3n) is 5.38. The van der Waals surface area contributed by atoms with Crippen LogP contribution in [0.3, 0.4) is 0 Å². The Balaban J connectivity index is 1.57. The van der Waals surface area contributed by atoms with E-state index < -0.39 is 0 Å². The fourth-order valence-electron chi connectivity index (χ4n) is 3.76. The summed E-state index contributed by atoms with van der Waals surface area (Å²) in [6.45, 7) is 2.79. The Bertz CT molecular complexity index is 1260. The van der Waals surface area contributed by atoms with E-state index in [1.165, 1.54) is 6.33 Å². The second kappa shape index (κ2) is 8.62. The molecule has 1 aliphatic rings. The highest BCUT2D eigenvalue weighted by atomic mass is 16.5. The number of amides is 2. The zero-order chi connectivity index (χ0) is 22.8. The van der Waals surface area contributed by atoms with Crippen LogP contribution < -0.4 is 19.3 Å². The number of fused-ring (bicyclic) bond motifs is 1. The van der Waals surface area contributed by atoms with Gasteiger partial charge in [0, 0.05) is 22.9 Å². The first-order valence-corrected chi connectivity index (χ1v) is 10.5. The van der Waals surface area contributed by atoms with Crippen molar-refractivity contribution in [2.75, 3.05) is 23.5 Å². The maximum atomic E-state index is 13.7. The lowest BCUT2D eigenvalue weighted by Gasteiger charge is -2.36. The molecule has 0 bridgehead atoms. The third kappa shape index (κ3) is 3.84. The summed E-state index contributed by atoms with van der Waals surface area (Å²) in [5.41, 5.74) is 3.23. The van der Waals surface area contributed by atoms with Gasteiger partial charge in [0.2, 0.25) is 5.88 Å². The Kier molecular flexibility index (Phi) is 5.35. The summed E-state index contributed by atoms with van der Waals surface area (Å²) in [7, 11) is 1.61. The zero-order valence-electron chi connectivity index (χ0n) is 18.2. The van der Waals surface area contributed by atoms with E-state index in [1.54, 1.807) is 16.9 Å². The smallest absolute Gasteiger partial charge is 0.335 e. The summed E-state index contributed by atoms with van der Waals surface area (Å²) in [5, 5.41) is 6.74. The number of aromatic amines is 1. The Morgan fingerprint density at radius 1 is 1.00 bits per heavy atom. The van der Waals surface area contributed by atoms with Gasteiger partial charge in [-0.1, -0.05) is 0 Å². The molecule has 0 saturated carbocycles. The number of H-pyrrole nitrogens is 1. The summed E-state index contributed by atoms with van der Waals surface area (Å²) in [5.74, 6) is 2.42. The van der Waals surface area contributed by atoms with Crippen molar-refractivity contribution in [3.63, 3.8) is 0 Å². The van der Waals surface area contributed by atoms with Crippen LogP contribution in [0.2, 0.25) is 0 Å². The van der Waals surface area contributed by atoms with Crippen molar-refractivity contribution in [1.82, 2.24) is 20.2 Å². The van der Waals surface area contributed by atoms with Crippen molar-refractivity contribution in [2.24, 2.45) is 0 Å². The number of hydrogen-bond donors (Lipinski definition) is 1. The third-order valence-corrected chi connectivity index (χ3v) is 5.38. The number of nitrogens with zero attached hydrogens (tertiary/aromatic N) is 5. The van der Waals surface area contributed by atoms with E-state index in [0.717, 1.165) is 22.6 Å². The van der Waals surface area contributed by atoms with Crippen molar-refractivity contribution >= 4 is 23.2 Å². The van der Waals surface area contributed by atoms with Crippen LogP contribution in [0.25, 0.3) is 11.4 Å². The highest BCUT2D eigenvalue weighted by Gasteiger charge is 2.34. The van der Waals surface area contributed by atoms with Gasteiger partial charge in [-0.05, 0) is 61.5 Å². The maximum absolute atomic E-state index is 13.7. The van der Waals surface area contributed by atoms with Crippen LogP contribution in [0.1, 0.15) is 12.5 Å². The van der Waals surface area contributed by atoms with Crippen molar-refractivity contribution in [2.45, 2.75) is 13.5 Å². The molecule has 2 aromatic carbocycles. The standard InChI is InChI=1S/C24H22N6O3/c1-3-33-21-13-6-17-14-29(18-9-11-20(32-2)12-10-18)24(31)30(23(17)27-21)19-7-4-16(5-8-19)22-25-15-26-28-22/h4-13,15H,3,14H2,1-2H3,(H,25,26,28). The summed E-state index contributed by atoms with van der Waals surface area (Å²) in [4.78, 5) is 25.9. The van der Waals surface area contributed by atoms with Gasteiger partial charge in [-0.15, -0.1) is 0 Å². The molecule has 0 fully saturated rings. The molecule has 0 spiro atoms. The molecule has 0 saturated heterocycles. The number of anilines is 3. The van der Waals surface area contributed by atoms with Crippen LogP contribution in [-0.2, 0) is 6.54 Å². The van der Waals surface area contributed by atoms with Crippen LogP contribution in [-0.4, -0.2) is 39.9 Å². The Hall–Kier alpha value is -4.40. The van der Waals surface area contributed by atoms with Crippen LogP contribution >= 0.6 is 0 Å². The fourth-order valence-corrected chi connectivity index (χ4v) is 3.76. The quantitative estimate of drug-likeness (QED) is 0.471. The summed E-state index contributed by atoms with van der Waals surface area (Å²) in [6, 6.07) is 18.5. The van der Waals surface area contributed by atoms with E-state index in [9.17, 15) is 4.79 Å². The number of urea groups is 1. The van der Waals surface area contributed by atoms with Gasteiger partial charge >= 0.3 is 6.03 Å². The topological polar surface area (TPSA) is 96.5 Å². The van der Waals surface area contributed by atoms with Gasteiger partial charge in [0.15, 0.2) is 5.82 Å². The molecule has 0 radical (unpaired) electrons. The molecule has 2 amide bonds. The second-order valence-electron chi connectivity index (χ2n) is 7.35. The molecule has 1 N–H and O–H groups in total. The minimum Gasteiger partial charge on any atom is -0.497 e. The van der Waals surface area contributed by atoms with E-state index in [-0.39, 0.29) is 6.03 Å². The fraction of sp³-hybridized carbons (Fsp3) is 0.167. The highest BCUT2D eigenvalue weighted by molar-refractivity contribution is 6.10. The average Bonchev–Trinajstić information content (AvgIpc) is 3.39. The molecule has 33 heavy (non-hydrogen) atoms. The molecular formula is C24H22N6O3. The molecule has 3 heterocycles. The van der Waals surface area contributed by atoms with Gasteiger partial charge in [-0.3, -0.25) is 10.00 Å². The van der Waals surface area contributed by atoms with Gasteiger partial charge in [0.25, 0.3) is 0 Å². The Morgan fingerprint density at radius 3 is 2.42 bits per heavy atom. The van der Waals surface area contributed by atoms with Crippen LogP contribution in [0.5, 0.6) is 11.6 Å². The molecule has 0 unspecified atom stereocenters. The monoisotopic (exact) mass is 442 g/mol. The first-order chi connectivity index (χ1) is 16.2. The van der Waals surface area contributed by atoms with E-state index >= 15 is 0 Å². The lowest BCUT2D eigenvalue weighted by molar-refractivity contribution is 0.252. The number of nitrogens with one attached hydrogen (secondary N) is 1. The van der Waals surface area contributed by atoms with Gasteiger partial charge in [-0.2, -0.15) is 10.1 Å². The SMILES string of the molecule is CCOc1ccc2c(n1)N(c1ccc(-c3ncn[nH]3)cc1)C(=O)N(c1ccc(OC)cc1)C2. The summed E-state index contributed by atoms with van der Waals surface area (Å²) >= 11 is 0. The van der Waals surface area contributed by atoms with E-state index in [1.807, 2.05) is 67.6 Å². The van der Waals surface area contributed by atoms with Gasteiger partial charge in [-0.25, -0.2) is 14.7 Å². The number of benzene rings is 2. The minimum absolute atomic E-state index is 0.207. The number of aromatic nitrogens is 4. The zero-order valence-corrected chi connectivity index (χ0v) is 18.2. The largest absolute Gasteiger partial charge is 0.497 e. The molecule has 0 atom stereocenters. The molecule has 1 aliphatic heterocycles. The number of methoxy groups -OCH3 is 1. The summed E-state index contributed by atoms with van der Waals surface area (Å²) < 4.78 is 10.9. The summed E-state index contributed by atoms with van der Waals surface area (Å²) in [6.07, 6.45) is 1.46. The Labute approximate surface area is 190 Å². The maximum Gasteiger partial charge on any atom is 0.335 e. The minimum atomic E-state index is -0.207. The van der Waals surface area contributed by atoms with Gasteiger partial charge in [0.1, 0.15) is 17.9 Å². The molecule has 4 aromatic rings. The first-order valence-electron chi connectivity index (χ1n) is 10.5. The van der Waals surface area contributed by atoms with Crippen molar-refractivity contribution < 1.29 is 14.3 Å². The number of carbonyl (C=O) groups is 1. The van der Waals surface area contributed by atoms with Crippen LogP contribution in [0.15, 0.2) is 67.0 Å². The average molecular weight is 442 g/mol. The number of pyridine rings is 1. The van der Waals surface area contributed by atoms with Crippen molar-refractivity contribution in [1.29, 1.82) is 0 Å². The molecule has 5 rings (SSSR count). The molecular weight excluding hydrogens is 420 g/mol. The first kappa shape index (κ1) is 20.5. The number of hydrogen-bond acceptors (Lipinski definition) is 6. The molecule has 166 valence electrons. The number of carbonyl (C=O) groups excluding carboxylic acids is 1. The lowest BCUT2D eigenvalue weighted by atomic mass is 10.1. The predicted molar refractivity (Wildman–Crippen MR) is 124 cm³/mol. The van der Waals surface area contributed by atoms with E-state index in [4.69, 9.17) is 9.47 Å². The lowest BCUT2D eigenvalue weighted by Crippen LogP contribution is -2.45.